The minimum atomic E-state index is -0.337. The van der Waals surface area contributed by atoms with Crippen LogP contribution in [0.4, 0.5) is 16.2 Å². The molecule has 0 aromatic heterocycles. The van der Waals surface area contributed by atoms with Crippen LogP contribution in [0.5, 0.6) is 5.75 Å². The van der Waals surface area contributed by atoms with Crippen molar-refractivity contribution >= 4 is 34.9 Å². The molecule has 0 unspecified atom stereocenters. The Balaban J connectivity index is 1.96. The van der Waals surface area contributed by atoms with Gasteiger partial charge in [-0.1, -0.05) is 25.4 Å². The largest absolute Gasteiger partial charge is 0.482 e. The van der Waals surface area contributed by atoms with Crippen LogP contribution in [0.25, 0.3) is 0 Å². The molecule has 1 heterocycles. The number of carbonyl (C=O) groups excluding carboxylic acids is 2. The van der Waals surface area contributed by atoms with Gasteiger partial charge in [-0.3, -0.25) is 9.69 Å². The molecule has 0 saturated carbocycles. The summed E-state index contributed by atoms with van der Waals surface area (Å²) in [7, 11) is 0. The van der Waals surface area contributed by atoms with Crippen molar-refractivity contribution < 1.29 is 14.3 Å². The number of ether oxygens (including phenoxy) is 1. The van der Waals surface area contributed by atoms with Crippen LogP contribution >= 0.6 is 11.6 Å². The van der Waals surface area contributed by atoms with Crippen LogP contribution < -0.4 is 20.7 Å². The van der Waals surface area contributed by atoms with Crippen molar-refractivity contribution in [2.45, 2.75) is 26.8 Å². The van der Waals surface area contributed by atoms with Gasteiger partial charge in [0, 0.05) is 18.7 Å². The quantitative estimate of drug-likeness (QED) is 0.733. The van der Waals surface area contributed by atoms with Gasteiger partial charge in [-0.05, 0) is 26.1 Å². The summed E-state index contributed by atoms with van der Waals surface area (Å²) in [6.45, 7) is 8.58. The molecule has 24 heavy (non-hydrogen) atoms. The molecule has 0 aliphatic carbocycles. The normalized spacial score (nSPS) is 14.5. The fraction of sp³-hybridized carbons (Fsp3) is 0.500. The van der Waals surface area contributed by atoms with Crippen LogP contribution in [0.1, 0.15) is 20.8 Å². The molecule has 7 nitrogen and oxygen atoms in total. The molecule has 0 spiro atoms. The number of amides is 3. The predicted octanol–water partition coefficient (Wildman–Crippen LogP) is 2.52. The molecule has 3 N–H and O–H groups in total. The van der Waals surface area contributed by atoms with Gasteiger partial charge in [0.1, 0.15) is 5.75 Å². The predicted molar refractivity (Wildman–Crippen MR) is 95.0 cm³/mol. The third kappa shape index (κ3) is 4.52. The number of urea groups is 1. The van der Waals surface area contributed by atoms with E-state index in [4.69, 9.17) is 16.3 Å². The minimum absolute atomic E-state index is 0.0539. The number of benzene rings is 1. The second-order valence-electron chi connectivity index (χ2n) is 5.57. The van der Waals surface area contributed by atoms with E-state index in [1.165, 1.54) is 0 Å². The molecule has 0 fully saturated rings. The number of likely N-dealkylation sites (N-methyl/N-ethyl adjacent to an activating group) is 1. The highest BCUT2D eigenvalue weighted by molar-refractivity contribution is 6.34. The van der Waals surface area contributed by atoms with E-state index in [9.17, 15) is 9.59 Å². The van der Waals surface area contributed by atoms with Crippen LogP contribution in [0.3, 0.4) is 0 Å². The van der Waals surface area contributed by atoms with Crippen LogP contribution in [0.2, 0.25) is 5.02 Å². The van der Waals surface area contributed by atoms with Crippen molar-refractivity contribution in [2.75, 3.05) is 36.9 Å². The minimum Gasteiger partial charge on any atom is -0.482 e. The SMILES string of the molecule is CCN(CC)[C@H](C)CNC(=O)Nc1cc2c(cc1Cl)NC(=O)CO2. The number of halogens is 1. The van der Waals surface area contributed by atoms with Gasteiger partial charge in [-0.2, -0.15) is 0 Å². The lowest BCUT2D eigenvalue weighted by molar-refractivity contribution is -0.118. The van der Waals surface area contributed by atoms with E-state index < -0.39 is 0 Å². The molecule has 0 radical (unpaired) electrons. The fourth-order valence-corrected chi connectivity index (χ4v) is 2.79. The van der Waals surface area contributed by atoms with Crippen molar-refractivity contribution in [3.8, 4) is 5.75 Å². The average Bonchev–Trinajstić information content (AvgIpc) is 2.55. The molecule has 1 aliphatic heterocycles. The van der Waals surface area contributed by atoms with Crippen LogP contribution in [0, 0.1) is 0 Å². The van der Waals surface area contributed by atoms with Gasteiger partial charge in [0.05, 0.1) is 16.4 Å². The molecule has 1 atom stereocenters. The van der Waals surface area contributed by atoms with Crippen LogP contribution in [-0.4, -0.2) is 49.1 Å². The van der Waals surface area contributed by atoms with Crippen molar-refractivity contribution in [2.24, 2.45) is 0 Å². The summed E-state index contributed by atoms with van der Waals surface area (Å²) >= 11 is 6.15. The number of fused-ring (bicyclic) bond motifs is 1. The lowest BCUT2D eigenvalue weighted by atomic mass is 10.2. The number of rotatable bonds is 6. The van der Waals surface area contributed by atoms with Gasteiger partial charge in [0.2, 0.25) is 0 Å². The number of carbonyl (C=O) groups is 2. The Morgan fingerprint density at radius 3 is 2.79 bits per heavy atom. The van der Waals surface area contributed by atoms with Gasteiger partial charge in [-0.25, -0.2) is 4.79 Å². The van der Waals surface area contributed by atoms with Crippen LogP contribution in [0.15, 0.2) is 12.1 Å². The zero-order valence-corrected chi connectivity index (χ0v) is 14.9. The second kappa shape index (κ2) is 8.21. The first kappa shape index (κ1) is 18.4. The summed E-state index contributed by atoms with van der Waals surface area (Å²) in [5, 5.41) is 8.53. The van der Waals surface area contributed by atoms with Crippen molar-refractivity contribution in [1.82, 2.24) is 10.2 Å². The van der Waals surface area contributed by atoms with Crippen molar-refractivity contribution in [3.05, 3.63) is 17.2 Å². The maximum atomic E-state index is 12.1. The maximum Gasteiger partial charge on any atom is 0.319 e. The number of nitrogens with one attached hydrogen (secondary N) is 3. The Kier molecular flexibility index (Phi) is 6.28. The van der Waals surface area contributed by atoms with E-state index in [1.807, 2.05) is 0 Å². The Morgan fingerprint density at radius 2 is 2.12 bits per heavy atom. The first-order valence-electron chi connectivity index (χ1n) is 7.99. The highest BCUT2D eigenvalue weighted by Crippen LogP contribution is 2.36. The zero-order valence-electron chi connectivity index (χ0n) is 14.1. The highest BCUT2D eigenvalue weighted by atomic mass is 35.5. The molecule has 1 aromatic carbocycles. The van der Waals surface area contributed by atoms with Crippen molar-refractivity contribution in [3.63, 3.8) is 0 Å². The van der Waals surface area contributed by atoms with Gasteiger partial charge in [0.15, 0.2) is 6.61 Å². The summed E-state index contributed by atoms with van der Waals surface area (Å²) in [4.78, 5) is 25.6. The smallest absolute Gasteiger partial charge is 0.319 e. The molecular weight excluding hydrogens is 332 g/mol. The van der Waals surface area contributed by atoms with Crippen LogP contribution in [-0.2, 0) is 4.79 Å². The molecule has 1 aliphatic rings. The summed E-state index contributed by atoms with van der Waals surface area (Å²) in [5.74, 6) is 0.244. The van der Waals surface area contributed by atoms with E-state index >= 15 is 0 Å². The highest BCUT2D eigenvalue weighted by Gasteiger charge is 2.19. The van der Waals surface area contributed by atoms with E-state index in [-0.39, 0.29) is 24.6 Å². The average molecular weight is 355 g/mol. The molecule has 2 rings (SSSR count). The summed E-state index contributed by atoms with van der Waals surface area (Å²) in [5.41, 5.74) is 0.928. The Bertz CT molecular complexity index is 620. The molecule has 1 aromatic rings. The third-order valence-corrected chi connectivity index (χ3v) is 4.26. The van der Waals surface area contributed by atoms with E-state index in [0.29, 0.717) is 28.7 Å². The molecule has 132 valence electrons. The first-order chi connectivity index (χ1) is 11.4. The summed E-state index contributed by atoms with van der Waals surface area (Å²) in [6, 6.07) is 3.06. The molecule has 0 bridgehead atoms. The van der Waals surface area contributed by atoms with Gasteiger partial charge >= 0.3 is 6.03 Å². The first-order valence-corrected chi connectivity index (χ1v) is 8.37. The maximum absolute atomic E-state index is 12.1. The number of hydrogen-bond donors (Lipinski definition) is 3. The van der Waals surface area contributed by atoms with E-state index in [2.05, 4.69) is 41.6 Å². The van der Waals surface area contributed by atoms with E-state index in [0.717, 1.165) is 13.1 Å². The zero-order chi connectivity index (χ0) is 17.7. The lowest BCUT2D eigenvalue weighted by Crippen LogP contribution is -2.43. The molecular formula is C16H23ClN4O3. The topological polar surface area (TPSA) is 82.7 Å². The number of nitrogens with zero attached hydrogens (tertiary/aromatic N) is 1. The standard InChI is InChI=1S/C16H23ClN4O3/c1-4-21(5-2)10(3)8-18-16(23)20-12-7-14-13(6-11(12)17)19-15(22)9-24-14/h6-7,10H,4-5,8-9H2,1-3H3,(H,19,22)(H2,18,20,23)/t10-/m1/s1. The summed E-state index contributed by atoms with van der Waals surface area (Å²) in [6.07, 6.45) is 0. The monoisotopic (exact) mass is 354 g/mol. The number of hydrogen-bond acceptors (Lipinski definition) is 4. The van der Waals surface area contributed by atoms with E-state index in [1.54, 1.807) is 12.1 Å². The molecule has 0 saturated heterocycles. The molecule has 3 amide bonds. The molecule has 8 heteroatoms. The Hall–Kier alpha value is -1.99. The Labute approximate surface area is 146 Å². The van der Waals surface area contributed by atoms with Gasteiger partial charge < -0.3 is 20.7 Å². The summed E-state index contributed by atoms with van der Waals surface area (Å²) < 4.78 is 5.32. The number of anilines is 2. The lowest BCUT2D eigenvalue weighted by Gasteiger charge is -2.26. The fourth-order valence-electron chi connectivity index (χ4n) is 2.58. The second-order valence-corrected chi connectivity index (χ2v) is 5.98. The van der Waals surface area contributed by atoms with Gasteiger partial charge in [-0.15, -0.1) is 0 Å². The third-order valence-electron chi connectivity index (χ3n) is 3.94. The van der Waals surface area contributed by atoms with Gasteiger partial charge in [0.25, 0.3) is 5.91 Å². The van der Waals surface area contributed by atoms with Crippen molar-refractivity contribution in [1.29, 1.82) is 0 Å². The Morgan fingerprint density at radius 1 is 1.42 bits per heavy atom.